The quantitative estimate of drug-likeness (QED) is 0.864. The highest BCUT2D eigenvalue weighted by Gasteiger charge is 2.09. The van der Waals surface area contributed by atoms with E-state index in [1.165, 1.54) is 0 Å². The van der Waals surface area contributed by atoms with Crippen LogP contribution < -0.4 is 0 Å². The van der Waals surface area contributed by atoms with Crippen LogP contribution in [0.1, 0.15) is 16.3 Å². The zero-order chi connectivity index (χ0) is 10.7. The van der Waals surface area contributed by atoms with Gasteiger partial charge in [-0.15, -0.1) is 11.3 Å². The highest BCUT2D eigenvalue weighted by Crippen LogP contribution is 2.12. The van der Waals surface area contributed by atoms with Gasteiger partial charge in [0.25, 0.3) is 0 Å². The molecule has 0 saturated heterocycles. The lowest BCUT2D eigenvalue weighted by atomic mass is 10.1. The summed E-state index contributed by atoms with van der Waals surface area (Å²) in [5, 5.41) is 12.8. The predicted molar refractivity (Wildman–Crippen MR) is 59.0 cm³/mol. The Balaban J connectivity index is 1.90. The fourth-order valence-electron chi connectivity index (χ4n) is 1.50. The second kappa shape index (κ2) is 4.59. The van der Waals surface area contributed by atoms with E-state index in [4.69, 9.17) is 4.42 Å². The third-order valence-electron chi connectivity index (χ3n) is 2.16. The number of aromatic nitrogens is 1. The second-order valence-corrected chi connectivity index (χ2v) is 4.61. The van der Waals surface area contributed by atoms with E-state index in [2.05, 4.69) is 4.98 Å². The van der Waals surface area contributed by atoms with Gasteiger partial charge in [-0.3, -0.25) is 0 Å². The van der Waals surface area contributed by atoms with Gasteiger partial charge in [0.2, 0.25) is 0 Å². The first-order chi connectivity index (χ1) is 7.24. The van der Waals surface area contributed by atoms with E-state index in [1.54, 1.807) is 23.9 Å². The van der Waals surface area contributed by atoms with Gasteiger partial charge in [-0.25, -0.2) is 4.98 Å². The molecule has 4 heteroatoms. The van der Waals surface area contributed by atoms with Crippen LogP contribution in [-0.2, 0) is 12.8 Å². The first-order valence-electron chi connectivity index (χ1n) is 4.84. The van der Waals surface area contributed by atoms with Gasteiger partial charge in [0.1, 0.15) is 0 Å². The molecule has 0 fully saturated rings. The number of thiazole rings is 1. The highest BCUT2D eigenvalue weighted by atomic mass is 32.1. The van der Waals surface area contributed by atoms with Crippen LogP contribution >= 0.6 is 11.3 Å². The number of nitrogens with zero attached hydrogens (tertiary/aromatic N) is 1. The molecule has 3 nitrogen and oxygen atoms in total. The Kier molecular flexibility index (Phi) is 3.18. The minimum atomic E-state index is -0.385. The molecule has 0 aliphatic carbocycles. The molecule has 0 radical (unpaired) electrons. The molecule has 0 aliphatic heterocycles. The highest BCUT2D eigenvalue weighted by molar-refractivity contribution is 7.09. The summed E-state index contributed by atoms with van der Waals surface area (Å²) in [6, 6.07) is 1.87. The largest absolute Gasteiger partial charge is 0.472 e. The maximum Gasteiger partial charge on any atom is 0.0935 e. The minimum absolute atomic E-state index is 0.385. The second-order valence-electron chi connectivity index (χ2n) is 3.55. The third kappa shape index (κ3) is 2.91. The molecule has 0 aromatic carbocycles. The number of aliphatic hydroxyl groups excluding tert-OH is 1. The molecule has 15 heavy (non-hydrogen) atoms. The fraction of sp³-hybridized carbons (Fsp3) is 0.364. The van der Waals surface area contributed by atoms with E-state index < -0.39 is 0 Å². The molecule has 0 spiro atoms. The van der Waals surface area contributed by atoms with Gasteiger partial charge in [0.15, 0.2) is 0 Å². The molecule has 0 bridgehead atoms. The Labute approximate surface area is 92.4 Å². The number of rotatable bonds is 4. The zero-order valence-corrected chi connectivity index (χ0v) is 9.33. The van der Waals surface area contributed by atoms with Crippen LogP contribution in [0.15, 0.2) is 28.4 Å². The lowest BCUT2D eigenvalue weighted by Gasteiger charge is -2.06. The first-order valence-corrected chi connectivity index (χ1v) is 5.72. The van der Waals surface area contributed by atoms with Crippen molar-refractivity contribution in [3.63, 3.8) is 0 Å². The fourth-order valence-corrected chi connectivity index (χ4v) is 2.12. The summed E-state index contributed by atoms with van der Waals surface area (Å²) in [5.41, 5.74) is 1.99. The van der Waals surface area contributed by atoms with Crippen molar-refractivity contribution in [1.82, 2.24) is 4.98 Å². The van der Waals surface area contributed by atoms with Crippen LogP contribution in [0.5, 0.6) is 0 Å². The van der Waals surface area contributed by atoms with Crippen molar-refractivity contribution in [2.45, 2.75) is 25.9 Å². The molecule has 1 unspecified atom stereocenters. The van der Waals surface area contributed by atoms with Crippen LogP contribution in [0.2, 0.25) is 0 Å². The third-order valence-corrected chi connectivity index (χ3v) is 2.99. The van der Waals surface area contributed by atoms with Gasteiger partial charge in [-0.2, -0.15) is 0 Å². The van der Waals surface area contributed by atoms with Crippen molar-refractivity contribution in [3.8, 4) is 0 Å². The van der Waals surface area contributed by atoms with Crippen molar-refractivity contribution in [2.24, 2.45) is 0 Å². The summed E-state index contributed by atoms with van der Waals surface area (Å²) in [7, 11) is 0. The maximum atomic E-state index is 9.81. The van der Waals surface area contributed by atoms with Crippen LogP contribution in [0.25, 0.3) is 0 Å². The van der Waals surface area contributed by atoms with Crippen molar-refractivity contribution in [1.29, 1.82) is 0 Å². The number of hydrogen-bond donors (Lipinski definition) is 1. The summed E-state index contributed by atoms with van der Waals surface area (Å²) >= 11 is 1.61. The summed E-state index contributed by atoms with van der Waals surface area (Å²) < 4.78 is 4.95. The summed E-state index contributed by atoms with van der Waals surface area (Å²) in [6.07, 6.45) is 4.12. The molecule has 1 atom stereocenters. The molecule has 0 amide bonds. The number of furan rings is 1. The minimum Gasteiger partial charge on any atom is -0.472 e. The Hall–Kier alpha value is -1.13. The van der Waals surface area contributed by atoms with Gasteiger partial charge in [0, 0.05) is 18.2 Å². The molecule has 2 heterocycles. The monoisotopic (exact) mass is 223 g/mol. The van der Waals surface area contributed by atoms with Crippen LogP contribution in [0.3, 0.4) is 0 Å². The smallest absolute Gasteiger partial charge is 0.0935 e. The number of hydrogen-bond acceptors (Lipinski definition) is 4. The van der Waals surface area contributed by atoms with E-state index in [9.17, 15) is 5.11 Å². The Bertz CT molecular complexity index is 408. The molecule has 2 aromatic rings. The summed E-state index contributed by atoms with van der Waals surface area (Å²) in [4.78, 5) is 4.32. The van der Waals surface area contributed by atoms with Crippen molar-refractivity contribution in [2.75, 3.05) is 0 Å². The van der Waals surface area contributed by atoms with E-state index in [0.717, 1.165) is 16.3 Å². The van der Waals surface area contributed by atoms with Gasteiger partial charge in [0.05, 0.1) is 29.3 Å². The van der Waals surface area contributed by atoms with E-state index in [1.807, 2.05) is 18.4 Å². The number of aliphatic hydroxyl groups is 1. The average Bonchev–Trinajstić information content (AvgIpc) is 2.77. The molecule has 2 aromatic heterocycles. The van der Waals surface area contributed by atoms with Gasteiger partial charge in [-0.05, 0) is 18.6 Å². The van der Waals surface area contributed by atoms with Gasteiger partial charge in [-0.1, -0.05) is 0 Å². The molecule has 1 N–H and O–H groups in total. The average molecular weight is 223 g/mol. The van der Waals surface area contributed by atoms with E-state index in [0.29, 0.717) is 12.8 Å². The predicted octanol–water partition coefficient (Wildman–Crippen LogP) is 2.19. The van der Waals surface area contributed by atoms with Crippen LogP contribution in [-0.4, -0.2) is 16.2 Å². The lowest BCUT2D eigenvalue weighted by Crippen LogP contribution is -2.13. The van der Waals surface area contributed by atoms with E-state index >= 15 is 0 Å². The van der Waals surface area contributed by atoms with Gasteiger partial charge < -0.3 is 9.52 Å². The van der Waals surface area contributed by atoms with Crippen LogP contribution in [0.4, 0.5) is 0 Å². The van der Waals surface area contributed by atoms with Crippen LogP contribution in [0, 0.1) is 6.92 Å². The normalized spacial score (nSPS) is 12.9. The van der Waals surface area contributed by atoms with Crippen molar-refractivity contribution >= 4 is 11.3 Å². The number of aryl methyl sites for hydroxylation is 1. The van der Waals surface area contributed by atoms with Crippen molar-refractivity contribution < 1.29 is 9.52 Å². The molecule has 80 valence electrons. The van der Waals surface area contributed by atoms with E-state index in [-0.39, 0.29) is 6.10 Å². The first kappa shape index (κ1) is 10.4. The summed E-state index contributed by atoms with van der Waals surface area (Å²) in [6.45, 7) is 1.97. The SMILES string of the molecule is Cc1nc(CC(O)Cc2ccoc2)cs1. The zero-order valence-electron chi connectivity index (χ0n) is 8.51. The Morgan fingerprint density at radius 3 is 3.00 bits per heavy atom. The molecular formula is C11H13NO2S. The standard InChI is InChI=1S/C11H13NO2S/c1-8-12-10(7-15-8)5-11(13)4-9-2-3-14-6-9/h2-3,6-7,11,13H,4-5H2,1H3. The molecule has 0 saturated carbocycles. The Morgan fingerprint density at radius 2 is 2.40 bits per heavy atom. The summed E-state index contributed by atoms with van der Waals surface area (Å²) in [5.74, 6) is 0. The topological polar surface area (TPSA) is 46.3 Å². The lowest BCUT2D eigenvalue weighted by molar-refractivity contribution is 0.174. The van der Waals surface area contributed by atoms with Gasteiger partial charge >= 0.3 is 0 Å². The van der Waals surface area contributed by atoms with Crippen molar-refractivity contribution in [3.05, 3.63) is 40.2 Å². The Morgan fingerprint density at radius 1 is 1.53 bits per heavy atom. The molecular weight excluding hydrogens is 210 g/mol. The molecule has 0 aliphatic rings. The molecule has 2 rings (SSSR count). The maximum absolute atomic E-state index is 9.81.